The van der Waals surface area contributed by atoms with Gasteiger partial charge in [-0.3, -0.25) is 0 Å². The number of hydrogen-bond acceptors (Lipinski definition) is 1. The monoisotopic (exact) mass is 229 g/mol. The van der Waals surface area contributed by atoms with Gasteiger partial charge in [0.15, 0.2) is 0 Å². The van der Waals surface area contributed by atoms with E-state index in [2.05, 4.69) is 13.8 Å². The van der Waals surface area contributed by atoms with Gasteiger partial charge in [0.1, 0.15) is 5.82 Å². The average Bonchev–Trinajstić information content (AvgIpc) is 2.20. The highest BCUT2D eigenvalue weighted by atomic mass is 35.5. The molecule has 1 aromatic rings. The third-order valence-electron chi connectivity index (χ3n) is 3.28. The highest BCUT2D eigenvalue weighted by Gasteiger charge is 2.29. The summed E-state index contributed by atoms with van der Waals surface area (Å²) in [6.45, 7) is 6.70. The highest BCUT2D eigenvalue weighted by molar-refractivity contribution is 6.30. The minimum atomic E-state index is -0.380. The average molecular weight is 230 g/mol. The molecule has 1 aromatic carbocycles. The van der Waals surface area contributed by atoms with Crippen molar-refractivity contribution in [2.75, 3.05) is 6.54 Å². The van der Waals surface area contributed by atoms with Crippen LogP contribution in [0, 0.1) is 11.7 Å². The molecule has 1 atom stereocenters. The zero-order chi connectivity index (χ0) is 11.6. The maximum absolute atomic E-state index is 13.3. The second kappa shape index (κ2) is 4.50. The Hall–Kier alpha value is -0.600. The van der Waals surface area contributed by atoms with Crippen LogP contribution in [0.1, 0.15) is 26.3 Å². The standard InChI is InChI=1S/C12H17ClFN/c1-8(2)12(3,7-15)9-4-5-10(13)11(14)6-9/h4-6,8H,7,15H2,1-3H3. The maximum atomic E-state index is 13.3. The first kappa shape index (κ1) is 12.5. The van der Waals surface area contributed by atoms with Gasteiger partial charge in [-0.15, -0.1) is 0 Å². The molecule has 0 aromatic heterocycles. The molecule has 84 valence electrons. The predicted octanol–water partition coefficient (Wildman–Crippen LogP) is 3.35. The van der Waals surface area contributed by atoms with Gasteiger partial charge in [0.25, 0.3) is 0 Å². The molecule has 2 N–H and O–H groups in total. The van der Waals surface area contributed by atoms with E-state index in [1.807, 2.05) is 13.0 Å². The van der Waals surface area contributed by atoms with E-state index in [0.717, 1.165) is 5.56 Å². The molecule has 0 amide bonds. The number of rotatable bonds is 3. The topological polar surface area (TPSA) is 26.0 Å². The van der Waals surface area contributed by atoms with Gasteiger partial charge in [0, 0.05) is 12.0 Å². The molecule has 0 radical (unpaired) electrons. The van der Waals surface area contributed by atoms with Crippen molar-refractivity contribution in [3.05, 3.63) is 34.6 Å². The molecular formula is C12H17ClFN. The van der Waals surface area contributed by atoms with Crippen LogP contribution in [0.25, 0.3) is 0 Å². The summed E-state index contributed by atoms with van der Waals surface area (Å²) >= 11 is 5.65. The van der Waals surface area contributed by atoms with Crippen LogP contribution in [0.2, 0.25) is 5.02 Å². The molecule has 3 heteroatoms. The molecular weight excluding hydrogens is 213 g/mol. The molecule has 0 heterocycles. The Balaban J connectivity index is 3.19. The molecule has 0 saturated heterocycles. The normalized spacial score (nSPS) is 15.4. The van der Waals surface area contributed by atoms with Gasteiger partial charge in [-0.1, -0.05) is 38.4 Å². The van der Waals surface area contributed by atoms with E-state index >= 15 is 0 Å². The summed E-state index contributed by atoms with van der Waals surface area (Å²) in [4.78, 5) is 0. The molecule has 0 aliphatic carbocycles. The van der Waals surface area contributed by atoms with Crippen molar-refractivity contribution in [1.82, 2.24) is 0 Å². The summed E-state index contributed by atoms with van der Waals surface area (Å²) in [6.07, 6.45) is 0. The van der Waals surface area contributed by atoms with E-state index < -0.39 is 0 Å². The van der Waals surface area contributed by atoms with Gasteiger partial charge in [0.2, 0.25) is 0 Å². The van der Waals surface area contributed by atoms with Gasteiger partial charge >= 0.3 is 0 Å². The van der Waals surface area contributed by atoms with Crippen molar-refractivity contribution in [2.45, 2.75) is 26.2 Å². The van der Waals surface area contributed by atoms with E-state index in [1.165, 1.54) is 6.07 Å². The molecule has 1 unspecified atom stereocenters. The fourth-order valence-electron chi connectivity index (χ4n) is 1.54. The van der Waals surface area contributed by atoms with Crippen LogP contribution in [-0.2, 0) is 5.41 Å². The minimum Gasteiger partial charge on any atom is -0.330 e. The van der Waals surface area contributed by atoms with Crippen LogP contribution >= 0.6 is 11.6 Å². The third kappa shape index (κ3) is 2.32. The van der Waals surface area contributed by atoms with Gasteiger partial charge in [0.05, 0.1) is 5.02 Å². The van der Waals surface area contributed by atoms with Crippen LogP contribution in [0.4, 0.5) is 4.39 Å². The Labute approximate surface area is 95.4 Å². The first-order chi connectivity index (χ1) is 6.91. The van der Waals surface area contributed by atoms with Gasteiger partial charge in [-0.2, -0.15) is 0 Å². The Morgan fingerprint density at radius 1 is 1.47 bits per heavy atom. The number of hydrogen-bond donors (Lipinski definition) is 1. The second-order valence-corrected chi connectivity index (χ2v) is 4.81. The van der Waals surface area contributed by atoms with E-state index in [-0.39, 0.29) is 16.3 Å². The molecule has 15 heavy (non-hydrogen) atoms. The molecule has 0 spiro atoms. The largest absolute Gasteiger partial charge is 0.330 e. The maximum Gasteiger partial charge on any atom is 0.142 e. The number of benzene rings is 1. The van der Waals surface area contributed by atoms with E-state index in [0.29, 0.717) is 12.5 Å². The fraction of sp³-hybridized carbons (Fsp3) is 0.500. The van der Waals surface area contributed by atoms with Gasteiger partial charge in [-0.25, -0.2) is 4.39 Å². The quantitative estimate of drug-likeness (QED) is 0.845. The zero-order valence-electron chi connectivity index (χ0n) is 9.35. The van der Waals surface area contributed by atoms with Crippen molar-refractivity contribution in [3.63, 3.8) is 0 Å². The molecule has 0 aliphatic rings. The SMILES string of the molecule is CC(C)C(C)(CN)c1ccc(Cl)c(F)c1. The molecule has 0 fully saturated rings. The van der Waals surface area contributed by atoms with Crippen LogP contribution in [0.5, 0.6) is 0 Å². The van der Waals surface area contributed by atoms with Crippen molar-refractivity contribution < 1.29 is 4.39 Å². The van der Waals surface area contributed by atoms with Crippen molar-refractivity contribution in [3.8, 4) is 0 Å². The summed E-state index contributed by atoms with van der Waals surface area (Å²) in [5.74, 6) is -0.0300. The van der Waals surface area contributed by atoms with Crippen molar-refractivity contribution >= 4 is 11.6 Å². The summed E-state index contributed by atoms with van der Waals surface area (Å²) in [7, 11) is 0. The zero-order valence-corrected chi connectivity index (χ0v) is 10.1. The minimum absolute atomic E-state index is 0.155. The van der Waals surface area contributed by atoms with E-state index in [4.69, 9.17) is 17.3 Å². The van der Waals surface area contributed by atoms with Crippen LogP contribution in [0.15, 0.2) is 18.2 Å². The lowest BCUT2D eigenvalue weighted by Gasteiger charge is -2.33. The molecule has 0 aliphatic heterocycles. The Bertz CT molecular complexity index is 351. The van der Waals surface area contributed by atoms with E-state index in [9.17, 15) is 4.39 Å². The molecule has 1 nitrogen and oxygen atoms in total. The van der Waals surface area contributed by atoms with Crippen LogP contribution < -0.4 is 5.73 Å². The smallest absolute Gasteiger partial charge is 0.142 e. The molecule has 1 rings (SSSR count). The summed E-state index contributed by atoms with van der Waals surface area (Å²) in [5.41, 5.74) is 6.47. The predicted molar refractivity (Wildman–Crippen MR) is 62.7 cm³/mol. The lowest BCUT2D eigenvalue weighted by atomic mass is 9.73. The van der Waals surface area contributed by atoms with Gasteiger partial charge in [-0.05, 0) is 23.6 Å². The second-order valence-electron chi connectivity index (χ2n) is 4.41. The van der Waals surface area contributed by atoms with E-state index in [1.54, 1.807) is 6.07 Å². The lowest BCUT2D eigenvalue weighted by molar-refractivity contribution is 0.346. The lowest BCUT2D eigenvalue weighted by Crippen LogP contribution is -2.37. The van der Waals surface area contributed by atoms with Crippen molar-refractivity contribution in [2.24, 2.45) is 11.7 Å². The van der Waals surface area contributed by atoms with Crippen molar-refractivity contribution in [1.29, 1.82) is 0 Å². The number of nitrogens with two attached hydrogens (primary N) is 1. The van der Waals surface area contributed by atoms with Gasteiger partial charge < -0.3 is 5.73 Å². The Morgan fingerprint density at radius 2 is 2.07 bits per heavy atom. The highest BCUT2D eigenvalue weighted by Crippen LogP contribution is 2.32. The first-order valence-electron chi connectivity index (χ1n) is 5.07. The van der Waals surface area contributed by atoms with Crippen LogP contribution in [-0.4, -0.2) is 6.54 Å². The summed E-state index contributed by atoms with van der Waals surface area (Å²) in [6, 6.07) is 4.91. The Kier molecular flexibility index (Phi) is 3.74. The fourth-order valence-corrected chi connectivity index (χ4v) is 1.66. The first-order valence-corrected chi connectivity index (χ1v) is 5.45. The van der Waals surface area contributed by atoms with Crippen LogP contribution in [0.3, 0.4) is 0 Å². The third-order valence-corrected chi connectivity index (χ3v) is 3.58. The Morgan fingerprint density at radius 3 is 2.47 bits per heavy atom. The molecule has 0 bridgehead atoms. The summed E-state index contributed by atoms with van der Waals surface area (Å²) in [5, 5.41) is 0.155. The number of halogens is 2. The molecule has 0 saturated carbocycles. The summed E-state index contributed by atoms with van der Waals surface area (Å²) < 4.78 is 13.3.